The molecule has 21 heavy (non-hydrogen) atoms. The number of hydrogen-bond donors (Lipinski definition) is 0. The molecule has 0 atom stereocenters. The third-order valence-electron chi connectivity index (χ3n) is 2.47. The quantitative estimate of drug-likeness (QED) is 0.776. The Balaban J connectivity index is 2.54. The fourth-order valence-corrected chi connectivity index (χ4v) is 1.90. The number of aromatic nitrogens is 2. The number of hydrogen-bond acceptors (Lipinski definition) is 3. The zero-order chi connectivity index (χ0) is 15.6. The Morgan fingerprint density at radius 2 is 1.81 bits per heavy atom. The summed E-state index contributed by atoms with van der Waals surface area (Å²) in [5.41, 5.74) is 0.500. The molecule has 0 saturated heterocycles. The molecule has 0 amide bonds. The molecule has 1 aromatic carbocycles. The first kappa shape index (κ1) is 15.6. The van der Waals surface area contributed by atoms with Gasteiger partial charge in [0.25, 0.3) is 0 Å². The number of para-hydroxylation sites is 1. The number of alkyl halides is 3. The first-order chi connectivity index (χ1) is 9.77. The smallest absolute Gasteiger partial charge is 0.451 e. The molecule has 0 spiro atoms. The highest BCUT2D eigenvalue weighted by Crippen LogP contribution is 2.33. The minimum absolute atomic E-state index is 0.0681. The molecule has 7 heteroatoms. The summed E-state index contributed by atoms with van der Waals surface area (Å²) in [6.45, 7) is 3.65. The van der Waals surface area contributed by atoms with Gasteiger partial charge in [-0.05, 0) is 26.0 Å². The van der Waals surface area contributed by atoms with Crippen molar-refractivity contribution in [3.63, 3.8) is 0 Å². The molecule has 0 aliphatic rings. The topological polar surface area (TPSA) is 35.0 Å². The van der Waals surface area contributed by atoms with E-state index in [2.05, 4.69) is 9.97 Å². The van der Waals surface area contributed by atoms with Gasteiger partial charge in [0.1, 0.15) is 10.9 Å². The second-order valence-electron chi connectivity index (χ2n) is 4.56. The van der Waals surface area contributed by atoms with E-state index >= 15 is 0 Å². The molecule has 2 aromatic rings. The van der Waals surface area contributed by atoms with Gasteiger partial charge in [-0.25, -0.2) is 9.97 Å². The van der Waals surface area contributed by atoms with Crippen LogP contribution in [0.3, 0.4) is 0 Å². The summed E-state index contributed by atoms with van der Waals surface area (Å²) < 4.78 is 43.9. The van der Waals surface area contributed by atoms with Crippen molar-refractivity contribution in [2.24, 2.45) is 0 Å². The number of ether oxygens (including phenoxy) is 1. The molecule has 3 nitrogen and oxygen atoms in total. The number of benzene rings is 1. The van der Waals surface area contributed by atoms with Gasteiger partial charge in [-0.15, -0.1) is 0 Å². The van der Waals surface area contributed by atoms with Gasteiger partial charge in [-0.3, -0.25) is 0 Å². The Bertz CT molecular complexity index is 644. The highest BCUT2D eigenvalue weighted by Gasteiger charge is 2.35. The summed E-state index contributed by atoms with van der Waals surface area (Å²) in [6, 6.07) is 7.98. The van der Waals surface area contributed by atoms with Crippen molar-refractivity contribution in [1.82, 2.24) is 9.97 Å². The summed E-state index contributed by atoms with van der Waals surface area (Å²) in [5.74, 6) is -0.834. The second kappa shape index (κ2) is 5.89. The van der Waals surface area contributed by atoms with Gasteiger partial charge < -0.3 is 4.74 Å². The predicted molar refractivity (Wildman–Crippen MR) is 73.2 cm³/mol. The Kier molecular flexibility index (Phi) is 4.37. The predicted octanol–water partition coefficient (Wildman–Crippen LogP) is 4.60. The fourth-order valence-electron chi connectivity index (χ4n) is 1.72. The van der Waals surface area contributed by atoms with Crippen molar-refractivity contribution in [2.75, 3.05) is 0 Å². The third kappa shape index (κ3) is 3.85. The van der Waals surface area contributed by atoms with Crippen LogP contribution in [-0.2, 0) is 6.18 Å². The molecule has 2 rings (SSSR count). The van der Waals surface area contributed by atoms with Gasteiger partial charge in [-0.1, -0.05) is 23.7 Å². The minimum Gasteiger partial charge on any atom is -0.490 e. The Labute approximate surface area is 124 Å². The summed E-state index contributed by atoms with van der Waals surface area (Å²) in [7, 11) is 0. The van der Waals surface area contributed by atoms with Gasteiger partial charge in [0.15, 0.2) is 0 Å². The number of nitrogens with zero attached hydrogens (tertiary/aromatic N) is 2. The summed E-state index contributed by atoms with van der Waals surface area (Å²) in [5, 5.41) is -0.272. The van der Waals surface area contributed by atoms with E-state index in [0.717, 1.165) is 0 Å². The largest absolute Gasteiger partial charge is 0.490 e. The van der Waals surface area contributed by atoms with E-state index in [1.54, 1.807) is 24.3 Å². The van der Waals surface area contributed by atoms with Crippen LogP contribution in [0.1, 0.15) is 19.7 Å². The molecule has 0 bridgehead atoms. The van der Waals surface area contributed by atoms with E-state index in [0.29, 0.717) is 11.3 Å². The van der Waals surface area contributed by atoms with E-state index < -0.39 is 12.0 Å². The van der Waals surface area contributed by atoms with E-state index in [-0.39, 0.29) is 17.0 Å². The minimum atomic E-state index is -4.66. The van der Waals surface area contributed by atoms with Gasteiger partial charge in [0.2, 0.25) is 5.82 Å². The molecule has 0 radical (unpaired) electrons. The lowest BCUT2D eigenvalue weighted by molar-refractivity contribution is -0.144. The molecule has 0 N–H and O–H groups in total. The van der Waals surface area contributed by atoms with E-state index in [9.17, 15) is 13.2 Å². The van der Waals surface area contributed by atoms with Crippen LogP contribution >= 0.6 is 11.6 Å². The molecule has 0 aliphatic carbocycles. The lowest BCUT2D eigenvalue weighted by Gasteiger charge is -2.14. The van der Waals surface area contributed by atoms with E-state index in [1.807, 2.05) is 13.8 Å². The number of rotatable bonds is 3. The second-order valence-corrected chi connectivity index (χ2v) is 4.95. The maximum absolute atomic E-state index is 12.8. The van der Waals surface area contributed by atoms with Gasteiger partial charge in [-0.2, -0.15) is 13.2 Å². The first-order valence-corrected chi connectivity index (χ1v) is 6.53. The summed E-state index contributed by atoms with van der Waals surface area (Å²) in [4.78, 5) is 6.75. The molecular formula is C14H12ClF3N2O. The normalized spacial score (nSPS) is 11.8. The number of halogens is 4. The zero-order valence-electron chi connectivity index (χ0n) is 11.3. The lowest BCUT2D eigenvalue weighted by atomic mass is 10.1. The lowest BCUT2D eigenvalue weighted by Crippen LogP contribution is -2.12. The van der Waals surface area contributed by atoms with Crippen molar-refractivity contribution in [3.05, 3.63) is 41.3 Å². The highest BCUT2D eigenvalue weighted by molar-refractivity contribution is 6.29. The van der Waals surface area contributed by atoms with Crippen LogP contribution in [0.2, 0.25) is 5.15 Å². The molecular weight excluding hydrogens is 305 g/mol. The van der Waals surface area contributed by atoms with Crippen LogP contribution in [0.25, 0.3) is 11.3 Å². The van der Waals surface area contributed by atoms with Crippen molar-refractivity contribution < 1.29 is 17.9 Å². The van der Waals surface area contributed by atoms with Crippen LogP contribution in [0.5, 0.6) is 5.75 Å². The van der Waals surface area contributed by atoms with E-state index in [4.69, 9.17) is 16.3 Å². The van der Waals surface area contributed by atoms with Crippen molar-refractivity contribution in [1.29, 1.82) is 0 Å². The first-order valence-electron chi connectivity index (χ1n) is 6.15. The zero-order valence-corrected chi connectivity index (χ0v) is 12.0. The Morgan fingerprint density at radius 3 is 2.43 bits per heavy atom. The molecule has 0 aliphatic heterocycles. The molecule has 1 heterocycles. The van der Waals surface area contributed by atoms with Crippen LogP contribution in [-0.4, -0.2) is 16.1 Å². The Morgan fingerprint density at radius 1 is 1.14 bits per heavy atom. The van der Waals surface area contributed by atoms with Crippen molar-refractivity contribution >= 4 is 11.6 Å². The highest BCUT2D eigenvalue weighted by atomic mass is 35.5. The average Bonchev–Trinajstić information content (AvgIpc) is 2.37. The fraction of sp³-hybridized carbons (Fsp3) is 0.286. The van der Waals surface area contributed by atoms with Gasteiger partial charge in [0.05, 0.1) is 11.8 Å². The van der Waals surface area contributed by atoms with Crippen molar-refractivity contribution in [2.45, 2.75) is 26.1 Å². The molecule has 112 valence electrons. The van der Waals surface area contributed by atoms with Crippen LogP contribution in [0, 0.1) is 0 Å². The van der Waals surface area contributed by atoms with Crippen LogP contribution in [0.4, 0.5) is 13.2 Å². The Hall–Kier alpha value is -1.82. The van der Waals surface area contributed by atoms with Gasteiger partial charge in [0, 0.05) is 11.6 Å². The van der Waals surface area contributed by atoms with Gasteiger partial charge >= 0.3 is 6.18 Å². The third-order valence-corrected chi connectivity index (χ3v) is 2.67. The van der Waals surface area contributed by atoms with Crippen molar-refractivity contribution in [3.8, 4) is 17.0 Å². The molecule has 0 fully saturated rings. The van der Waals surface area contributed by atoms with Crippen LogP contribution < -0.4 is 4.74 Å². The molecule has 0 saturated carbocycles. The maximum atomic E-state index is 12.8. The SMILES string of the molecule is CC(C)Oc1ccccc1-c1cc(Cl)nc(C(F)(F)F)n1. The molecule has 0 unspecified atom stereocenters. The average molecular weight is 317 g/mol. The standard InChI is InChI=1S/C14H12ClF3N2O/c1-8(2)21-11-6-4-3-5-9(11)10-7-12(15)20-13(19-10)14(16,17)18/h3-8H,1-2H3. The molecule has 1 aromatic heterocycles. The maximum Gasteiger partial charge on any atom is 0.451 e. The van der Waals surface area contributed by atoms with Crippen LogP contribution in [0.15, 0.2) is 30.3 Å². The summed E-state index contributed by atoms with van der Waals surface area (Å²) >= 11 is 5.67. The van der Waals surface area contributed by atoms with E-state index in [1.165, 1.54) is 6.07 Å². The monoisotopic (exact) mass is 316 g/mol. The summed E-state index contributed by atoms with van der Waals surface area (Å²) in [6.07, 6.45) is -4.78.